The van der Waals surface area contributed by atoms with Crippen molar-refractivity contribution in [2.75, 3.05) is 26.2 Å². The maximum atomic E-state index is 10.2. The van der Waals surface area contributed by atoms with E-state index >= 15 is 0 Å². The number of rotatable bonds is 7. The Morgan fingerprint density at radius 2 is 2.00 bits per heavy atom. The third-order valence-electron chi connectivity index (χ3n) is 4.29. The Morgan fingerprint density at radius 1 is 1.26 bits per heavy atom. The van der Waals surface area contributed by atoms with E-state index in [-0.39, 0.29) is 12.1 Å². The number of thiazole rings is 1. The van der Waals surface area contributed by atoms with Crippen molar-refractivity contribution in [3.8, 4) is 11.3 Å². The molecule has 23 heavy (non-hydrogen) atoms. The van der Waals surface area contributed by atoms with Crippen LogP contribution in [-0.2, 0) is 0 Å². The monoisotopic (exact) mass is 331 g/mol. The van der Waals surface area contributed by atoms with E-state index in [1.54, 1.807) is 11.3 Å². The Labute approximate surface area is 142 Å². The minimum atomic E-state index is -0.316. The minimum Gasteiger partial charge on any atom is -0.390 e. The smallest absolute Gasteiger partial charge is 0.110 e. The van der Waals surface area contributed by atoms with Crippen LogP contribution in [0.5, 0.6) is 0 Å². The van der Waals surface area contributed by atoms with Crippen LogP contribution in [-0.4, -0.2) is 47.3 Å². The molecule has 3 rings (SSSR count). The van der Waals surface area contributed by atoms with E-state index in [0.29, 0.717) is 6.54 Å². The summed E-state index contributed by atoms with van der Waals surface area (Å²) in [4.78, 5) is 7.07. The zero-order valence-corrected chi connectivity index (χ0v) is 14.4. The number of hydrogen-bond donors (Lipinski definition) is 2. The summed E-state index contributed by atoms with van der Waals surface area (Å²) in [5, 5.41) is 16.7. The van der Waals surface area contributed by atoms with E-state index in [1.807, 2.05) is 18.2 Å². The molecule has 5 heteroatoms. The summed E-state index contributed by atoms with van der Waals surface area (Å²) >= 11 is 1.67. The minimum absolute atomic E-state index is 0.158. The fourth-order valence-electron chi connectivity index (χ4n) is 2.96. The summed E-state index contributed by atoms with van der Waals surface area (Å²) in [5.41, 5.74) is 2.17. The normalized spacial score (nSPS) is 18.2. The second kappa shape index (κ2) is 8.02. The molecule has 2 N–H and O–H groups in total. The first-order valence-corrected chi connectivity index (χ1v) is 9.25. The van der Waals surface area contributed by atoms with Gasteiger partial charge in [-0.15, -0.1) is 11.3 Å². The molecule has 2 unspecified atom stereocenters. The highest BCUT2D eigenvalue weighted by Crippen LogP contribution is 2.25. The van der Waals surface area contributed by atoms with Gasteiger partial charge in [0, 0.05) is 24.0 Å². The van der Waals surface area contributed by atoms with Crippen molar-refractivity contribution in [1.82, 2.24) is 15.2 Å². The molecular formula is C18H25N3OS. The maximum absolute atomic E-state index is 10.2. The Balaban J connectivity index is 1.50. The molecule has 1 aromatic heterocycles. The standard InChI is InChI=1S/C18H25N3OS/c1-14(19-11-16(22)12-21-9-5-6-10-21)18-20-17(13-23-18)15-7-3-2-4-8-15/h2-4,7-8,13-14,16,19,22H,5-6,9-12H2,1H3. The number of hydrogen-bond acceptors (Lipinski definition) is 5. The summed E-state index contributed by atoms with van der Waals surface area (Å²) in [6.07, 6.45) is 2.21. The lowest BCUT2D eigenvalue weighted by Gasteiger charge is -2.21. The predicted octanol–water partition coefficient (Wildman–Crippen LogP) is 2.92. The van der Waals surface area contributed by atoms with Crippen LogP contribution in [0.4, 0.5) is 0 Å². The number of likely N-dealkylation sites (tertiary alicyclic amines) is 1. The highest BCUT2D eigenvalue weighted by Gasteiger charge is 2.17. The predicted molar refractivity (Wildman–Crippen MR) is 95.6 cm³/mol. The van der Waals surface area contributed by atoms with Gasteiger partial charge in [0.05, 0.1) is 17.8 Å². The largest absolute Gasteiger partial charge is 0.390 e. The van der Waals surface area contributed by atoms with Crippen LogP contribution < -0.4 is 5.32 Å². The summed E-state index contributed by atoms with van der Waals surface area (Å²) < 4.78 is 0. The van der Waals surface area contributed by atoms with Gasteiger partial charge in [-0.3, -0.25) is 0 Å². The number of aliphatic hydroxyl groups excluding tert-OH is 1. The molecule has 1 aromatic carbocycles. The van der Waals surface area contributed by atoms with E-state index in [1.165, 1.54) is 12.8 Å². The molecule has 1 aliphatic heterocycles. The molecule has 1 fully saturated rings. The SMILES string of the molecule is CC(NCC(O)CN1CCCC1)c1nc(-c2ccccc2)cs1. The molecule has 1 saturated heterocycles. The molecule has 1 aliphatic rings. The zero-order chi connectivity index (χ0) is 16.1. The number of benzene rings is 1. The first kappa shape index (κ1) is 16.6. The molecule has 0 aliphatic carbocycles. The van der Waals surface area contributed by atoms with E-state index in [4.69, 9.17) is 4.98 Å². The molecule has 0 amide bonds. The van der Waals surface area contributed by atoms with Gasteiger partial charge in [-0.25, -0.2) is 4.98 Å². The maximum Gasteiger partial charge on any atom is 0.110 e. The summed E-state index contributed by atoms with van der Waals surface area (Å²) in [6, 6.07) is 10.4. The van der Waals surface area contributed by atoms with Crippen molar-refractivity contribution in [2.45, 2.75) is 31.9 Å². The first-order valence-electron chi connectivity index (χ1n) is 8.37. The van der Waals surface area contributed by atoms with Crippen LogP contribution in [0.2, 0.25) is 0 Å². The summed E-state index contributed by atoms with van der Waals surface area (Å²) in [6.45, 7) is 5.74. The van der Waals surface area contributed by atoms with Crippen LogP contribution >= 0.6 is 11.3 Å². The average Bonchev–Trinajstić information content (AvgIpc) is 3.25. The van der Waals surface area contributed by atoms with Gasteiger partial charge in [0.2, 0.25) is 0 Å². The summed E-state index contributed by atoms with van der Waals surface area (Å²) in [5.74, 6) is 0. The molecule has 124 valence electrons. The number of β-amino-alcohol motifs (C(OH)–C–C–N with tert-alkyl or cyclic N) is 1. The quantitative estimate of drug-likeness (QED) is 0.819. The molecular weight excluding hydrogens is 306 g/mol. The molecule has 2 heterocycles. The van der Waals surface area contributed by atoms with Gasteiger partial charge in [-0.1, -0.05) is 30.3 Å². The lowest BCUT2D eigenvalue weighted by molar-refractivity contribution is 0.121. The van der Waals surface area contributed by atoms with Crippen LogP contribution in [0.15, 0.2) is 35.7 Å². The van der Waals surface area contributed by atoms with Gasteiger partial charge in [0.1, 0.15) is 5.01 Å². The second-order valence-corrected chi connectivity index (χ2v) is 7.12. The molecule has 2 aromatic rings. The number of aromatic nitrogens is 1. The molecule has 0 bridgehead atoms. The van der Waals surface area contributed by atoms with Crippen molar-refractivity contribution in [1.29, 1.82) is 0 Å². The van der Waals surface area contributed by atoms with Crippen LogP contribution in [0, 0.1) is 0 Å². The Morgan fingerprint density at radius 3 is 2.74 bits per heavy atom. The molecule has 0 radical (unpaired) electrons. The fourth-order valence-corrected chi connectivity index (χ4v) is 3.82. The lowest BCUT2D eigenvalue weighted by Crippen LogP contribution is -2.37. The van der Waals surface area contributed by atoms with Crippen molar-refractivity contribution in [2.24, 2.45) is 0 Å². The number of nitrogens with one attached hydrogen (secondary N) is 1. The molecule has 4 nitrogen and oxygen atoms in total. The van der Waals surface area contributed by atoms with Crippen molar-refractivity contribution >= 4 is 11.3 Å². The van der Waals surface area contributed by atoms with Gasteiger partial charge in [-0.05, 0) is 32.9 Å². The third-order valence-corrected chi connectivity index (χ3v) is 5.32. The molecule has 0 saturated carbocycles. The third kappa shape index (κ3) is 4.61. The lowest BCUT2D eigenvalue weighted by atomic mass is 10.2. The van der Waals surface area contributed by atoms with Crippen molar-refractivity contribution < 1.29 is 5.11 Å². The Kier molecular flexibility index (Phi) is 5.78. The van der Waals surface area contributed by atoms with Crippen LogP contribution in [0.25, 0.3) is 11.3 Å². The van der Waals surface area contributed by atoms with Gasteiger partial charge in [0.15, 0.2) is 0 Å². The average molecular weight is 331 g/mol. The van der Waals surface area contributed by atoms with E-state index < -0.39 is 0 Å². The van der Waals surface area contributed by atoms with Gasteiger partial charge >= 0.3 is 0 Å². The zero-order valence-electron chi connectivity index (χ0n) is 13.6. The fraction of sp³-hybridized carbons (Fsp3) is 0.500. The number of aliphatic hydroxyl groups is 1. The number of nitrogens with zero attached hydrogens (tertiary/aromatic N) is 2. The van der Waals surface area contributed by atoms with Crippen molar-refractivity contribution in [3.63, 3.8) is 0 Å². The van der Waals surface area contributed by atoms with E-state index in [9.17, 15) is 5.11 Å². The first-order chi connectivity index (χ1) is 11.2. The topological polar surface area (TPSA) is 48.4 Å². The Bertz CT molecular complexity index is 595. The molecule has 0 spiro atoms. The van der Waals surface area contributed by atoms with Gasteiger partial charge in [0.25, 0.3) is 0 Å². The van der Waals surface area contributed by atoms with Crippen LogP contribution in [0.3, 0.4) is 0 Å². The summed E-state index contributed by atoms with van der Waals surface area (Å²) in [7, 11) is 0. The Hall–Kier alpha value is -1.27. The van der Waals surface area contributed by atoms with E-state index in [0.717, 1.165) is 35.9 Å². The van der Waals surface area contributed by atoms with E-state index in [2.05, 4.69) is 34.7 Å². The second-order valence-electron chi connectivity index (χ2n) is 6.23. The van der Waals surface area contributed by atoms with Gasteiger partial charge in [-0.2, -0.15) is 0 Å². The van der Waals surface area contributed by atoms with Crippen molar-refractivity contribution in [3.05, 3.63) is 40.7 Å². The van der Waals surface area contributed by atoms with Crippen LogP contribution in [0.1, 0.15) is 30.8 Å². The molecule has 2 atom stereocenters. The van der Waals surface area contributed by atoms with Gasteiger partial charge < -0.3 is 15.3 Å². The highest BCUT2D eigenvalue weighted by atomic mass is 32.1. The highest BCUT2D eigenvalue weighted by molar-refractivity contribution is 7.10.